The molecular formula is C4H9NO2. The van der Waals surface area contributed by atoms with Gasteiger partial charge in [0.1, 0.15) is 0 Å². The fourth-order valence-electron chi connectivity index (χ4n) is 0.629. The first kappa shape index (κ1) is 5.03. The Labute approximate surface area is 42.4 Å². The smallest absolute Gasteiger partial charge is 0.196 e. The summed E-state index contributed by atoms with van der Waals surface area (Å²) in [4.78, 5) is 0. The van der Waals surface area contributed by atoms with E-state index in [9.17, 15) is 5.21 Å². The standard InChI is InChI=1S/C4H9NO2/c1-7-4-2-3-5(4)6/h4-5H,2-3H2,1H3. The highest BCUT2D eigenvalue weighted by Gasteiger charge is 2.24. The molecule has 0 saturated carbocycles. The third-order valence-corrected chi connectivity index (χ3v) is 1.30. The maximum Gasteiger partial charge on any atom is 0.196 e. The maximum absolute atomic E-state index is 10.3. The van der Waals surface area contributed by atoms with Crippen molar-refractivity contribution in [3.8, 4) is 0 Å². The molecule has 42 valence electrons. The summed E-state index contributed by atoms with van der Waals surface area (Å²) in [5.41, 5.74) is 0. The summed E-state index contributed by atoms with van der Waals surface area (Å²) in [6.07, 6.45) is 0.870. The molecule has 0 amide bonds. The topological polar surface area (TPSA) is 36.7 Å². The van der Waals surface area contributed by atoms with Crippen LogP contribution in [0.5, 0.6) is 0 Å². The van der Waals surface area contributed by atoms with Crippen molar-refractivity contribution in [2.24, 2.45) is 0 Å². The van der Waals surface area contributed by atoms with Crippen LogP contribution in [0.2, 0.25) is 0 Å². The molecule has 1 fully saturated rings. The van der Waals surface area contributed by atoms with Crippen LogP contribution in [0.4, 0.5) is 0 Å². The fourth-order valence-corrected chi connectivity index (χ4v) is 0.629. The number of hydrogen-bond acceptors (Lipinski definition) is 2. The number of nitrogens with one attached hydrogen (secondary N) is 1. The molecule has 1 N–H and O–H groups in total. The second-order valence-corrected chi connectivity index (χ2v) is 1.73. The van der Waals surface area contributed by atoms with Crippen molar-refractivity contribution < 1.29 is 9.80 Å². The Hall–Kier alpha value is -0.120. The second kappa shape index (κ2) is 1.78. The average Bonchev–Trinajstić information content (AvgIpc) is 1.65. The number of methoxy groups -OCH3 is 1. The van der Waals surface area contributed by atoms with Crippen molar-refractivity contribution >= 4 is 0 Å². The largest absolute Gasteiger partial charge is 0.632 e. The molecule has 0 aromatic carbocycles. The van der Waals surface area contributed by atoms with Gasteiger partial charge < -0.3 is 15.0 Å². The summed E-state index contributed by atoms with van der Waals surface area (Å²) < 4.78 is 4.75. The van der Waals surface area contributed by atoms with Gasteiger partial charge in [0, 0.05) is 7.11 Å². The lowest BCUT2D eigenvalue weighted by atomic mass is 10.2. The lowest BCUT2D eigenvalue weighted by Gasteiger charge is -2.38. The number of ether oxygens (including phenoxy) is 1. The van der Waals surface area contributed by atoms with Gasteiger partial charge in [-0.15, -0.1) is 0 Å². The summed E-state index contributed by atoms with van der Waals surface area (Å²) in [5.74, 6) is 0. The van der Waals surface area contributed by atoms with Gasteiger partial charge in [-0.05, 0) is 0 Å². The van der Waals surface area contributed by atoms with Crippen molar-refractivity contribution in [1.82, 2.24) is 0 Å². The monoisotopic (exact) mass is 103 g/mol. The molecule has 3 heteroatoms. The number of hydrogen-bond donors (Lipinski definition) is 1. The van der Waals surface area contributed by atoms with E-state index in [4.69, 9.17) is 4.74 Å². The van der Waals surface area contributed by atoms with Crippen LogP contribution in [0, 0.1) is 5.21 Å². The quantitative estimate of drug-likeness (QED) is 0.421. The molecule has 0 aromatic heterocycles. The zero-order chi connectivity index (χ0) is 5.28. The van der Waals surface area contributed by atoms with E-state index in [1.807, 2.05) is 0 Å². The molecule has 0 spiro atoms. The van der Waals surface area contributed by atoms with E-state index in [-0.39, 0.29) is 11.3 Å². The molecule has 1 heterocycles. The maximum atomic E-state index is 10.3. The summed E-state index contributed by atoms with van der Waals surface area (Å²) in [6, 6.07) is 0. The minimum atomic E-state index is -0.0556. The first-order valence-corrected chi connectivity index (χ1v) is 2.40. The predicted octanol–water partition coefficient (Wildman–Crippen LogP) is -1.25. The van der Waals surface area contributed by atoms with Crippen LogP contribution in [-0.4, -0.2) is 19.9 Å². The molecule has 1 aliphatic heterocycles. The van der Waals surface area contributed by atoms with Gasteiger partial charge in [-0.2, -0.15) is 0 Å². The predicted molar refractivity (Wildman–Crippen MR) is 24.6 cm³/mol. The molecule has 1 rings (SSSR count). The highest BCUT2D eigenvalue weighted by atomic mass is 16.6. The first-order valence-electron chi connectivity index (χ1n) is 2.40. The van der Waals surface area contributed by atoms with Crippen molar-refractivity contribution in [3.05, 3.63) is 5.21 Å². The van der Waals surface area contributed by atoms with Gasteiger partial charge in [-0.1, -0.05) is 0 Å². The molecule has 2 atom stereocenters. The van der Waals surface area contributed by atoms with Crippen molar-refractivity contribution in [1.29, 1.82) is 0 Å². The Morgan fingerprint density at radius 1 is 1.86 bits per heavy atom. The lowest BCUT2D eigenvalue weighted by Crippen LogP contribution is -3.18. The summed E-state index contributed by atoms with van der Waals surface area (Å²) in [6.45, 7) is 0.721. The molecule has 0 bridgehead atoms. The van der Waals surface area contributed by atoms with E-state index in [1.54, 1.807) is 7.11 Å². The van der Waals surface area contributed by atoms with Crippen molar-refractivity contribution in [2.75, 3.05) is 13.7 Å². The van der Waals surface area contributed by atoms with E-state index >= 15 is 0 Å². The van der Waals surface area contributed by atoms with Gasteiger partial charge >= 0.3 is 0 Å². The van der Waals surface area contributed by atoms with Gasteiger partial charge in [0.25, 0.3) is 0 Å². The Morgan fingerprint density at radius 2 is 2.57 bits per heavy atom. The van der Waals surface area contributed by atoms with Crippen LogP contribution in [0.3, 0.4) is 0 Å². The highest BCUT2D eigenvalue weighted by Crippen LogP contribution is 1.92. The zero-order valence-corrected chi connectivity index (χ0v) is 4.31. The van der Waals surface area contributed by atoms with Gasteiger partial charge in [0.2, 0.25) is 0 Å². The second-order valence-electron chi connectivity index (χ2n) is 1.73. The highest BCUT2D eigenvalue weighted by molar-refractivity contribution is 4.50. The first-order chi connectivity index (χ1) is 3.34. The van der Waals surface area contributed by atoms with Gasteiger partial charge in [-0.3, -0.25) is 0 Å². The van der Waals surface area contributed by atoms with E-state index in [2.05, 4.69) is 0 Å². The fraction of sp³-hybridized carbons (Fsp3) is 1.00. The van der Waals surface area contributed by atoms with Crippen LogP contribution in [-0.2, 0) is 4.74 Å². The van der Waals surface area contributed by atoms with Crippen LogP contribution in [0.15, 0.2) is 0 Å². The van der Waals surface area contributed by atoms with Crippen LogP contribution in [0.25, 0.3) is 0 Å². The third-order valence-electron chi connectivity index (χ3n) is 1.30. The molecule has 0 radical (unpaired) electrons. The third kappa shape index (κ3) is 0.748. The zero-order valence-electron chi connectivity index (χ0n) is 4.31. The van der Waals surface area contributed by atoms with Crippen molar-refractivity contribution in [3.63, 3.8) is 0 Å². The molecule has 0 aromatic rings. The van der Waals surface area contributed by atoms with Gasteiger partial charge in [0.05, 0.1) is 13.0 Å². The Kier molecular flexibility index (Phi) is 1.27. The Bertz CT molecular complexity index is 64.7. The number of quaternary nitrogens is 1. The molecule has 3 nitrogen and oxygen atoms in total. The lowest BCUT2D eigenvalue weighted by molar-refractivity contribution is -0.946. The molecule has 0 aliphatic carbocycles. The molecular weight excluding hydrogens is 94.0 g/mol. The number of hydroxylamine groups is 2. The summed E-state index contributed by atoms with van der Waals surface area (Å²) in [7, 11) is 1.57. The minimum Gasteiger partial charge on any atom is -0.632 e. The molecule has 1 aliphatic rings. The van der Waals surface area contributed by atoms with Gasteiger partial charge in [-0.25, -0.2) is 0 Å². The average molecular weight is 103 g/mol. The Morgan fingerprint density at radius 3 is 2.57 bits per heavy atom. The summed E-state index contributed by atoms with van der Waals surface area (Å²) in [5, 5.41) is 10.6. The summed E-state index contributed by atoms with van der Waals surface area (Å²) >= 11 is 0. The van der Waals surface area contributed by atoms with Crippen molar-refractivity contribution in [2.45, 2.75) is 12.6 Å². The van der Waals surface area contributed by atoms with E-state index in [0.29, 0.717) is 0 Å². The van der Waals surface area contributed by atoms with Gasteiger partial charge in [0.15, 0.2) is 6.23 Å². The molecule has 1 saturated heterocycles. The minimum absolute atomic E-state index is 0.0556. The number of rotatable bonds is 1. The normalized spacial score (nSPS) is 40.3. The van der Waals surface area contributed by atoms with Crippen LogP contribution >= 0.6 is 0 Å². The Balaban J connectivity index is 2.16. The van der Waals surface area contributed by atoms with E-state index in [0.717, 1.165) is 13.0 Å². The van der Waals surface area contributed by atoms with E-state index in [1.165, 1.54) is 0 Å². The van der Waals surface area contributed by atoms with E-state index < -0.39 is 0 Å². The molecule has 7 heavy (non-hydrogen) atoms. The molecule has 2 unspecified atom stereocenters. The van der Waals surface area contributed by atoms with Crippen LogP contribution in [0.1, 0.15) is 6.42 Å². The SMILES string of the molecule is COC1CC[NH+]1[O-]. The van der Waals surface area contributed by atoms with Crippen LogP contribution < -0.4 is 5.06 Å².